The molecule has 8 N–H and O–H groups in total. The number of aromatic nitrogens is 4. The minimum atomic E-state index is -5.08. The van der Waals surface area contributed by atoms with E-state index in [1.807, 2.05) is 10.6 Å². The van der Waals surface area contributed by atoms with Crippen LogP contribution in [0, 0.1) is 0 Å². The molecule has 2 heterocycles. The molecule has 2 atom stereocenters. The molecule has 5 rings (SSSR count). The van der Waals surface area contributed by atoms with Crippen LogP contribution in [-0.2, 0) is 27.2 Å². The molecule has 0 saturated heterocycles. The molecule has 1 saturated carbocycles. The molecule has 1 fully saturated rings. The number of fused-ring (bicyclic) bond motifs is 1. The van der Waals surface area contributed by atoms with Crippen molar-refractivity contribution < 1.29 is 29.1 Å². The van der Waals surface area contributed by atoms with E-state index in [0.717, 1.165) is 31.2 Å². The van der Waals surface area contributed by atoms with Gasteiger partial charge >= 0.3 is 7.60 Å². The van der Waals surface area contributed by atoms with Gasteiger partial charge in [0.15, 0.2) is 17.0 Å². The molecule has 1 aliphatic rings. The zero-order valence-corrected chi connectivity index (χ0v) is 24.1. The van der Waals surface area contributed by atoms with E-state index in [9.17, 15) is 29.1 Å². The Morgan fingerprint density at radius 3 is 2.49 bits per heavy atom. The lowest BCUT2D eigenvalue weighted by Gasteiger charge is -2.27. The first-order valence-corrected chi connectivity index (χ1v) is 15.9. The SMILES string of the molecule is NC1CCC(Nc2nc(Nc3ccc(C(O)([PH2]=O)P(=O)(O)O)cc3)c3ncn(CCc4cccc(O)c4)c3n2)CC1. The van der Waals surface area contributed by atoms with Crippen molar-refractivity contribution in [2.24, 2.45) is 5.73 Å². The second-order valence-corrected chi connectivity index (χ2v) is 13.6. The van der Waals surface area contributed by atoms with Gasteiger partial charge in [-0.15, -0.1) is 0 Å². The first kappa shape index (κ1) is 29.2. The standard InChI is InChI=1S/C26H33N7O6P2/c27-18-6-10-20(11-7-18)30-25-31-23(29-19-8-4-17(5-9-19)26(35,40-36)41(37,38)39)22-24(32-25)33(15-28-22)13-12-16-2-1-3-21(34)14-16/h1-5,8-9,14-15,18,20,34-35H,6-7,10-13,27,40H2,(H2,37,38,39)(H2,29,30,31,32). The molecule has 2 aromatic carbocycles. The number of rotatable bonds is 10. The molecule has 2 unspecified atom stereocenters. The smallest absolute Gasteiger partial charge is 0.368 e. The average molecular weight is 602 g/mol. The van der Waals surface area contributed by atoms with Crippen molar-refractivity contribution in [3.63, 3.8) is 0 Å². The fourth-order valence-electron chi connectivity index (χ4n) is 4.91. The van der Waals surface area contributed by atoms with Crippen LogP contribution in [0.5, 0.6) is 5.75 Å². The van der Waals surface area contributed by atoms with Gasteiger partial charge in [-0.2, -0.15) is 9.97 Å². The van der Waals surface area contributed by atoms with Gasteiger partial charge < -0.3 is 45.5 Å². The minimum Gasteiger partial charge on any atom is -0.508 e. The Bertz CT molecular complexity index is 1590. The maximum Gasteiger partial charge on any atom is 0.368 e. The number of imidazole rings is 1. The summed E-state index contributed by atoms with van der Waals surface area (Å²) in [6.45, 7) is 0.557. The molecule has 2 aromatic heterocycles. The third-order valence-electron chi connectivity index (χ3n) is 7.30. The van der Waals surface area contributed by atoms with Crippen LogP contribution in [0.2, 0.25) is 0 Å². The molecule has 0 bridgehead atoms. The second kappa shape index (κ2) is 11.9. The Labute approximate surface area is 237 Å². The molecule has 218 valence electrons. The number of hydrogen-bond donors (Lipinski definition) is 7. The Kier molecular flexibility index (Phi) is 8.47. The number of nitrogens with two attached hydrogens (primary N) is 1. The van der Waals surface area contributed by atoms with E-state index in [1.165, 1.54) is 24.3 Å². The summed E-state index contributed by atoms with van der Waals surface area (Å²) in [5.74, 6) is 1.03. The van der Waals surface area contributed by atoms with Crippen molar-refractivity contribution >= 4 is 44.7 Å². The van der Waals surface area contributed by atoms with E-state index in [1.54, 1.807) is 24.5 Å². The summed E-state index contributed by atoms with van der Waals surface area (Å²) in [5.41, 5.74) is 8.50. The first-order valence-electron chi connectivity index (χ1n) is 13.2. The number of anilines is 3. The van der Waals surface area contributed by atoms with Crippen LogP contribution in [0.1, 0.15) is 36.8 Å². The van der Waals surface area contributed by atoms with Crippen LogP contribution in [-0.4, -0.2) is 51.6 Å². The predicted molar refractivity (Wildman–Crippen MR) is 157 cm³/mol. The highest BCUT2D eigenvalue weighted by Gasteiger charge is 2.46. The lowest BCUT2D eigenvalue weighted by Crippen LogP contribution is -2.33. The van der Waals surface area contributed by atoms with Crippen molar-refractivity contribution in [1.29, 1.82) is 0 Å². The van der Waals surface area contributed by atoms with E-state index in [2.05, 4.69) is 20.6 Å². The first-order chi connectivity index (χ1) is 19.6. The topological polar surface area (TPSA) is 209 Å². The minimum absolute atomic E-state index is 0.150. The average Bonchev–Trinajstić information content (AvgIpc) is 3.35. The fraction of sp³-hybridized carbons (Fsp3) is 0.346. The maximum absolute atomic E-state index is 11.8. The van der Waals surface area contributed by atoms with E-state index in [-0.39, 0.29) is 23.4 Å². The number of nitrogens with zero attached hydrogens (tertiary/aromatic N) is 4. The highest BCUT2D eigenvalue weighted by Crippen LogP contribution is 2.61. The summed E-state index contributed by atoms with van der Waals surface area (Å²) >= 11 is 0. The van der Waals surface area contributed by atoms with Gasteiger partial charge in [0.25, 0.3) is 0 Å². The Balaban J connectivity index is 1.45. The number of phenolic OH excluding ortho intramolecular Hbond substituents is 1. The molecule has 4 aromatic rings. The van der Waals surface area contributed by atoms with Gasteiger partial charge in [0, 0.05) is 29.9 Å². The quantitative estimate of drug-likeness (QED) is 0.131. The Morgan fingerprint density at radius 2 is 1.83 bits per heavy atom. The van der Waals surface area contributed by atoms with Crippen molar-refractivity contribution in [1.82, 2.24) is 19.5 Å². The van der Waals surface area contributed by atoms with Gasteiger partial charge in [0.05, 0.1) is 6.33 Å². The highest BCUT2D eigenvalue weighted by molar-refractivity contribution is 7.62. The zero-order valence-electron chi connectivity index (χ0n) is 22.1. The molecule has 0 spiro atoms. The largest absolute Gasteiger partial charge is 0.508 e. The Hall–Kier alpha value is -3.31. The van der Waals surface area contributed by atoms with Crippen LogP contribution < -0.4 is 16.4 Å². The molecule has 0 aliphatic heterocycles. The lowest BCUT2D eigenvalue weighted by atomic mass is 9.92. The summed E-state index contributed by atoms with van der Waals surface area (Å²) in [6.07, 6.45) is 5.93. The summed E-state index contributed by atoms with van der Waals surface area (Å²) in [5, 5.41) is 24.1. The summed E-state index contributed by atoms with van der Waals surface area (Å²) < 4.78 is 25.3. The van der Waals surface area contributed by atoms with Gasteiger partial charge in [0.2, 0.25) is 11.0 Å². The second-order valence-electron chi connectivity index (χ2n) is 10.3. The molecule has 13 nitrogen and oxygen atoms in total. The number of phenols is 1. The number of aliphatic hydroxyl groups is 1. The lowest BCUT2D eigenvalue weighted by molar-refractivity contribution is 0.168. The summed E-state index contributed by atoms with van der Waals surface area (Å²) in [7, 11) is -7.29. The fourth-order valence-corrected chi connectivity index (χ4v) is 6.27. The molecule has 41 heavy (non-hydrogen) atoms. The summed E-state index contributed by atoms with van der Waals surface area (Å²) in [6, 6.07) is 13.1. The molecule has 0 amide bonds. The molecular weight excluding hydrogens is 568 g/mol. The number of aryl methyl sites for hydroxylation is 2. The number of benzene rings is 2. The highest BCUT2D eigenvalue weighted by atomic mass is 31.2. The monoisotopic (exact) mass is 601 g/mol. The molecule has 0 radical (unpaired) electrons. The Morgan fingerprint density at radius 1 is 1.10 bits per heavy atom. The van der Waals surface area contributed by atoms with Crippen molar-refractivity contribution in [3.05, 3.63) is 66.0 Å². The van der Waals surface area contributed by atoms with Gasteiger partial charge in [0.1, 0.15) is 14.2 Å². The van der Waals surface area contributed by atoms with Crippen LogP contribution >= 0.6 is 16.1 Å². The van der Waals surface area contributed by atoms with Crippen molar-refractivity contribution in [3.8, 4) is 5.75 Å². The third kappa shape index (κ3) is 6.46. The van der Waals surface area contributed by atoms with Gasteiger partial charge in [-0.05, 0) is 61.9 Å². The zero-order chi connectivity index (χ0) is 29.2. The van der Waals surface area contributed by atoms with Crippen molar-refractivity contribution in [2.75, 3.05) is 10.6 Å². The normalized spacial score (nSPS) is 19.4. The predicted octanol–water partition coefficient (Wildman–Crippen LogP) is 3.24. The van der Waals surface area contributed by atoms with Gasteiger partial charge in [-0.25, -0.2) is 4.98 Å². The van der Waals surface area contributed by atoms with E-state index < -0.39 is 21.1 Å². The van der Waals surface area contributed by atoms with Gasteiger partial charge in [-0.1, -0.05) is 24.3 Å². The maximum atomic E-state index is 11.8. The van der Waals surface area contributed by atoms with Gasteiger partial charge in [-0.3, -0.25) is 4.57 Å². The molecule has 15 heteroatoms. The third-order valence-corrected chi connectivity index (χ3v) is 10.4. The van der Waals surface area contributed by atoms with Crippen LogP contribution in [0.15, 0.2) is 54.9 Å². The molecular formula is C26H33N7O6P2. The van der Waals surface area contributed by atoms with E-state index in [0.29, 0.717) is 41.6 Å². The number of nitrogens with one attached hydrogen (secondary N) is 2. The van der Waals surface area contributed by atoms with Crippen LogP contribution in [0.3, 0.4) is 0 Å². The number of aromatic hydroxyl groups is 1. The van der Waals surface area contributed by atoms with Crippen molar-refractivity contribution in [2.45, 2.75) is 55.8 Å². The van der Waals surface area contributed by atoms with Crippen LogP contribution in [0.25, 0.3) is 11.2 Å². The molecule has 1 aliphatic carbocycles. The van der Waals surface area contributed by atoms with E-state index in [4.69, 9.17) is 10.7 Å². The van der Waals surface area contributed by atoms with Crippen LogP contribution in [0.4, 0.5) is 17.5 Å². The van der Waals surface area contributed by atoms with E-state index >= 15 is 0 Å². The summed E-state index contributed by atoms with van der Waals surface area (Å²) in [4.78, 5) is 33.1. The number of hydrogen-bond acceptors (Lipinski definition) is 10.